The second kappa shape index (κ2) is 6.01. The molecule has 3 aromatic rings. The van der Waals surface area contributed by atoms with E-state index in [0.29, 0.717) is 30.6 Å². The van der Waals surface area contributed by atoms with Crippen LogP contribution >= 0.6 is 0 Å². The van der Waals surface area contributed by atoms with Crippen LogP contribution in [0.2, 0.25) is 0 Å². The van der Waals surface area contributed by atoms with Gasteiger partial charge in [-0.3, -0.25) is 4.79 Å². The summed E-state index contributed by atoms with van der Waals surface area (Å²) in [6, 6.07) is 7.78. The van der Waals surface area contributed by atoms with Crippen LogP contribution in [-0.4, -0.2) is 34.0 Å². The largest absolute Gasteiger partial charge is 0.461 e. The van der Waals surface area contributed by atoms with E-state index in [1.54, 1.807) is 12.1 Å². The number of rotatable bonds is 3. The number of carbonyl (C=O) groups is 1. The first kappa shape index (κ1) is 16.4. The van der Waals surface area contributed by atoms with E-state index in [9.17, 15) is 18.0 Å². The third-order valence-corrected chi connectivity index (χ3v) is 4.14. The lowest BCUT2D eigenvalue weighted by molar-refractivity contribution is -0.137. The first-order chi connectivity index (χ1) is 12.4. The summed E-state index contributed by atoms with van der Waals surface area (Å²) in [4.78, 5) is 18.0. The summed E-state index contributed by atoms with van der Waals surface area (Å²) in [5.74, 6) is 0.535. The summed E-state index contributed by atoms with van der Waals surface area (Å²) in [5, 5.41) is 3.82. The molecule has 1 aromatic carbocycles. The van der Waals surface area contributed by atoms with E-state index in [4.69, 9.17) is 8.94 Å². The molecule has 9 heteroatoms. The van der Waals surface area contributed by atoms with Gasteiger partial charge >= 0.3 is 6.18 Å². The standard InChI is InChI=1S/C17H12F3N3O3/c18-17(19,20)12-4-1-3-10(7-12)16(24)23-8-11(9-23)15-21-14(22-26-15)13-5-2-6-25-13/h1-7,11H,8-9H2. The minimum Gasteiger partial charge on any atom is -0.461 e. The van der Waals surface area contributed by atoms with Gasteiger partial charge in [0.1, 0.15) is 0 Å². The number of amides is 1. The van der Waals surface area contributed by atoms with Crippen LogP contribution in [0.3, 0.4) is 0 Å². The fraction of sp³-hybridized carbons (Fsp3) is 0.235. The van der Waals surface area contributed by atoms with Crippen molar-refractivity contribution in [3.8, 4) is 11.6 Å². The van der Waals surface area contributed by atoms with Crippen molar-refractivity contribution in [1.29, 1.82) is 0 Å². The van der Waals surface area contributed by atoms with E-state index in [2.05, 4.69) is 10.1 Å². The Balaban J connectivity index is 1.43. The van der Waals surface area contributed by atoms with Crippen molar-refractivity contribution in [1.82, 2.24) is 15.0 Å². The van der Waals surface area contributed by atoms with E-state index in [-0.39, 0.29) is 11.5 Å². The van der Waals surface area contributed by atoms with Crippen LogP contribution in [0.15, 0.2) is 51.6 Å². The molecule has 2 aromatic heterocycles. The second-order valence-electron chi connectivity index (χ2n) is 5.92. The maximum absolute atomic E-state index is 12.8. The van der Waals surface area contributed by atoms with Gasteiger partial charge < -0.3 is 13.8 Å². The lowest BCUT2D eigenvalue weighted by Crippen LogP contribution is -2.48. The van der Waals surface area contributed by atoms with Crippen LogP contribution in [-0.2, 0) is 6.18 Å². The number of benzene rings is 1. The number of aromatic nitrogens is 2. The van der Waals surface area contributed by atoms with Gasteiger partial charge in [-0.05, 0) is 30.3 Å². The molecule has 4 rings (SSSR count). The molecule has 0 spiro atoms. The zero-order valence-corrected chi connectivity index (χ0v) is 13.2. The molecule has 1 aliphatic rings. The number of alkyl halides is 3. The van der Waals surface area contributed by atoms with Gasteiger partial charge in [-0.25, -0.2) is 0 Å². The van der Waals surface area contributed by atoms with Crippen LogP contribution in [0.5, 0.6) is 0 Å². The van der Waals surface area contributed by atoms with Gasteiger partial charge in [-0.1, -0.05) is 11.2 Å². The number of hydrogen-bond donors (Lipinski definition) is 0. The van der Waals surface area contributed by atoms with Gasteiger partial charge in [-0.2, -0.15) is 18.2 Å². The van der Waals surface area contributed by atoms with Gasteiger partial charge in [-0.15, -0.1) is 0 Å². The van der Waals surface area contributed by atoms with Crippen molar-refractivity contribution in [2.24, 2.45) is 0 Å². The summed E-state index contributed by atoms with van der Waals surface area (Å²) >= 11 is 0. The molecule has 3 heterocycles. The lowest BCUT2D eigenvalue weighted by atomic mass is 9.98. The molecule has 0 bridgehead atoms. The quantitative estimate of drug-likeness (QED) is 0.711. The lowest BCUT2D eigenvalue weighted by Gasteiger charge is -2.37. The summed E-state index contributed by atoms with van der Waals surface area (Å²) in [6.07, 6.45) is -3.00. The molecule has 0 saturated carbocycles. The van der Waals surface area contributed by atoms with Crippen molar-refractivity contribution in [2.75, 3.05) is 13.1 Å². The van der Waals surface area contributed by atoms with Crippen molar-refractivity contribution in [3.05, 3.63) is 59.7 Å². The Hall–Kier alpha value is -3.10. The number of carbonyl (C=O) groups excluding carboxylic acids is 1. The third-order valence-electron chi connectivity index (χ3n) is 4.14. The Labute approximate surface area is 145 Å². The molecule has 26 heavy (non-hydrogen) atoms. The molecule has 1 fully saturated rings. The molecule has 0 radical (unpaired) electrons. The molecule has 6 nitrogen and oxygen atoms in total. The zero-order chi connectivity index (χ0) is 18.3. The second-order valence-corrected chi connectivity index (χ2v) is 5.92. The van der Waals surface area contributed by atoms with Crippen molar-refractivity contribution >= 4 is 5.91 Å². The highest BCUT2D eigenvalue weighted by atomic mass is 19.4. The van der Waals surface area contributed by atoms with E-state index in [1.807, 2.05) is 0 Å². The fourth-order valence-electron chi connectivity index (χ4n) is 2.72. The predicted octanol–water partition coefficient (Wildman–Crippen LogP) is 3.59. The van der Waals surface area contributed by atoms with Crippen LogP contribution in [0, 0.1) is 0 Å². The number of nitrogens with zero attached hydrogens (tertiary/aromatic N) is 3. The van der Waals surface area contributed by atoms with E-state index in [0.717, 1.165) is 12.1 Å². The first-order valence-corrected chi connectivity index (χ1v) is 7.76. The van der Waals surface area contributed by atoms with Crippen LogP contribution < -0.4 is 0 Å². The summed E-state index contributed by atoms with van der Waals surface area (Å²) < 4.78 is 48.7. The SMILES string of the molecule is O=C(c1cccc(C(F)(F)F)c1)N1CC(c2nc(-c3ccco3)no2)C1. The van der Waals surface area contributed by atoms with Gasteiger partial charge in [0.15, 0.2) is 5.76 Å². The van der Waals surface area contributed by atoms with Gasteiger partial charge in [0, 0.05) is 18.7 Å². The van der Waals surface area contributed by atoms with E-state index in [1.165, 1.54) is 23.3 Å². The maximum Gasteiger partial charge on any atom is 0.416 e. The number of furan rings is 1. The molecular weight excluding hydrogens is 351 g/mol. The molecule has 0 N–H and O–H groups in total. The number of likely N-dealkylation sites (tertiary alicyclic amines) is 1. The smallest absolute Gasteiger partial charge is 0.416 e. The van der Waals surface area contributed by atoms with Gasteiger partial charge in [0.05, 0.1) is 17.7 Å². The minimum absolute atomic E-state index is 0.0000728. The topological polar surface area (TPSA) is 72.4 Å². The summed E-state index contributed by atoms with van der Waals surface area (Å²) in [6.45, 7) is 0.601. The van der Waals surface area contributed by atoms with Gasteiger partial charge in [0.25, 0.3) is 5.91 Å². The molecule has 1 saturated heterocycles. The number of halogens is 3. The highest BCUT2D eigenvalue weighted by Crippen LogP contribution is 2.32. The predicted molar refractivity (Wildman–Crippen MR) is 82.1 cm³/mol. The molecular formula is C17H12F3N3O3. The minimum atomic E-state index is -4.49. The Kier molecular flexibility index (Phi) is 3.78. The van der Waals surface area contributed by atoms with Gasteiger partial charge in [0.2, 0.25) is 11.7 Å². The highest BCUT2D eigenvalue weighted by molar-refractivity contribution is 5.95. The molecule has 1 aliphatic heterocycles. The molecule has 134 valence electrons. The normalized spacial score (nSPS) is 15.1. The highest BCUT2D eigenvalue weighted by Gasteiger charge is 2.37. The maximum atomic E-state index is 12.8. The monoisotopic (exact) mass is 363 g/mol. The number of hydrogen-bond acceptors (Lipinski definition) is 5. The van der Waals surface area contributed by atoms with E-state index >= 15 is 0 Å². The molecule has 1 amide bonds. The third kappa shape index (κ3) is 2.96. The average molecular weight is 363 g/mol. The first-order valence-electron chi connectivity index (χ1n) is 7.76. The Morgan fingerprint density at radius 3 is 2.69 bits per heavy atom. The Morgan fingerprint density at radius 1 is 1.19 bits per heavy atom. The van der Waals surface area contributed by atoms with Crippen molar-refractivity contribution in [2.45, 2.75) is 12.1 Å². The van der Waals surface area contributed by atoms with Crippen LogP contribution in [0.25, 0.3) is 11.6 Å². The Morgan fingerprint density at radius 2 is 2.00 bits per heavy atom. The summed E-state index contributed by atoms with van der Waals surface area (Å²) in [7, 11) is 0. The van der Waals surface area contributed by atoms with Crippen LogP contribution in [0.1, 0.15) is 27.7 Å². The molecule has 0 aliphatic carbocycles. The molecule has 0 unspecified atom stereocenters. The zero-order valence-electron chi connectivity index (χ0n) is 13.2. The Bertz CT molecular complexity index is 928. The van der Waals surface area contributed by atoms with Crippen molar-refractivity contribution in [3.63, 3.8) is 0 Å². The summed E-state index contributed by atoms with van der Waals surface area (Å²) in [5.41, 5.74) is -0.847. The van der Waals surface area contributed by atoms with Crippen molar-refractivity contribution < 1.29 is 26.9 Å². The molecule has 0 atom stereocenters. The van der Waals surface area contributed by atoms with E-state index < -0.39 is 17.6 Å². The van der Waals surface area contributed by atoms with Crippen LogP contribution in [0.4, 0.5) is 13.2 Å². The fourth-order valence-corrected chi connectivity index (χ4v) is 2.72. The average Bonchev–Trinajstić information content (AvgIpc) is 3.24.